The first-order valence-corrected chi connectivity index (χ1v) is 7.26. The predicted molar refractivity (Wildman–Crippen MR) is 73.5 cm³/mol. The summed E-state index contributed by atoms with van der Waals surface area (Å²) in [6, 6.07) is 0.605. The van der Waals surface area contributed by atoms with Gasteiger partial charge >= 0.3 is 0 Å². The van der Waals surface area contributed by atoms with E-state index < -0.39 is 0 Å². The zero-order valence-corrected chi connectivity index (χ0v) is 12.0. The molecule has 1 atom stereocenters. The Labute approximate surface area is 110 Å². The number of carbonyl (C=O) groups excluding carboxylic acids is 1. The summed E-state index contributed by atoms with van der Waals surface area (Å²) < 4.78 is 0. The van der Waals surface area contributed by atoms with E-state index in [1.165, 1.54) is 32.1 Å². The van der Waals surface area contributed by atoms with Crippen LogP contribution in [0.3, 0.4) is 0 Å². The fraction of sp³-hybridized carbons (Fsp3) is 0.929. The molecule has 0 bridgehead atoms. The molecular formula is C14H27N3O. The summed E-state index contributed by atoms with van der Waals surface area (Å²) in [4.78, 5) is 14.7. The number of nitrogens with zero attached hydrogens (tertiary/aromatic N) is 1. The number of rotatable bonds is 3. The second-order valence-corrected chi connectivity index (χ2v) is 6.41. The summed E-state index contributed by atoms with van der Waals surface area (Å²) in [6.07, 6.45) is 6.49. The largest absolute Gasteiger partial charge is 0.349 e. The van der Waals surface area contributed by atoms with Crippen molar-refractivity contribution in [2.24, 2.45) is 0 Å². The molecule has 18 heavy (non-hydrogen) atoms. The van der Waals surface area contributed by atoms with Crippen LogP contribution in [0.2, 0.25) is 0 Å². The van der Waals surface area contributed by atoms with Gasteiger partial charge in [-0.1, -0.05) is 19.3 Å². The van der Waals surface area contributed by atoms with Crippen LogP contribution < -0.4 is 10.6 Å². The van der Waals surface area contributed by atoms with Crippen LogP contribution in [0.25, 0.3) is 0 Å². The molecule has 0 aromatic carbocycles. The first kappa shape index (κ1) is 13.8. The lowest BCUT2D eigenvalue weighted by molar-refractivity contribution is -0.134. The summed E-state index contributed by atoms with van der Waals surface area (Å²) in [5, 5.41) is 6.30. The van der Waals surface area contributed by atoms with Crippen molar-refractivity contribution < 1.29 is 4.79 Å². The molecule has 1 unspecified atom stereocenters. The fourth-order valence-electron chi connectivity index (χ4n) is 3.37. The monoisotopic (exact) mass is 253 g/mol. The molecule has 1 heterocycles. The second kappa shape index (κ2) is 5.57. The number of hydrogen-bond donors (Lipinski definition) is 2. The van der Waals surface area contributed by atoms with Crippen molar-refractivity contribution in [2.45, 2.75) is 63.6 Å². The van der Waals surface area contributed by atoms with Crippen molar-refractivity contribution in [1.29, 1.82) is 0 Å². The lowest BCUT2D eigenvalue weighted by Gasteiger charge is -2.48. The van der Waals surface area contributed by atoms with E-state index in [1.807, 2.05) is 7.05 Å². The van der Waals surface area contributed by atoms with Crippen LogP contribution in [-0.2, 0) is 4.79 Å². The summed E-state index contributed by atoms with van der Waals surface area (Å²) in [5.74, 6) is 0.186. The van der Waals surface area contributed by atoms with Gasteiger partial charge in [-0.2, -0.15) is 0 Å². The van der Waals surface area contributed by atoms with Gasteiger partial charge < -0.3 is 10.6 Å². The van der Waals surface area contributed by atoms with E-state index >= 15 is 0 Å². The Hall–Kier alpha value is -0.610. The van der Waals surface area contributed by atoms with Gasteiger partial charge in [0.1, 0.15) is 6.04 Å². The Kier molecular flexibility index (Phi) is 4.28. The lowest BCUT2D eigenvalue weighted by Crippen LogP contribution is -2.68. The molecule has 1 saturated carbocycles. The molecule has 4 nitrogen and oxygen atoms in total. The van der Waals surface area contributed by atoms with E-state index in [2.05, 4.69) is 29.4 Å². The Morgan fingerprint density at radius 3 is 2.61 bits per heavy atom. The molecule has 0 radical (unpaired) electrons. The highest BCUT2D eigenvalue weighted by Gasteiger charge is 2.41. The van der Waals surface area contributed by atoms with E-state index in [1.54, 1.807) is 0 Å². The van der Waals surface area contributed by atoms with Crippen LogP contribution in [0.1, 0.15) is 46.0 Å². The first-order valence-electron chi connectivity index (χ1n) is 7.26. The van der Waals surface area contributed by atoms with Gasteiger partial charge in [0.15, 0.2) is 0 Å². The second-order valence-electron chi connectivity index (χ2n) is 6.41. The predicted octanol–water partition coefficient (Wildman–Crippen LogP) is 1.12. The van der Waals surface area contributed by atoms with E-state index in [4.69, 9.17) is 0 Å². The third kappa shape index (κ3) is 3.04. The average molecular weight is 253 g/mol. The van der Waals surface area contributed by atoms with Crippen LogP contribution in [0.4, 0.5) is 0 Å². The number of hydrogen-bond acceptors (Lipinski definition) is 3. The van der Waals surface area contributed by atoms with Crippen molar-refractivity contribution in [3.05, 3.63) is 0 Å². The maximum absolute atomic E-state index is 12.3. The highest BCUT2D eigenvalue weighted by molar-refractivity contribution is 5.83. The summed E-state index contributed by atoms with van der Waals surface area (Å²) in [7, 11) is 1.92. The van der Waals surface area contributed by atoms with Crippen LogP contribution >= 0.6 is 0 Å². The Balaban J connectivity index is 2.12. The minimum absolute atomic E-state index is 0.00567. The maximum atomic E-state index is 12.3. The van der Waals surface area contributed by atoms with Gasteiger partial charge in [0.2, 0.25) is 5.91 Å². The van der Waals surface area contributed by atoms with Crippen molar-refractivity contribution in [2.75, 3.05) is 20.1 Å². The van der Waals surface area contributed by atoms with Crippen molar-refractivity contribution >= 4 is 5.91 Å². The van der Waals surface area contributed by atoms with Gasteiger partial charge in [0, 0.05) is 24.7 Å². The molecule has 0 aromatic heterocycles. The molecule has 0 aromatic rings. The molecule has 1 aliphatic carbocycles. The van der Waals surface area contributed by atoms with Gasteiger partial charge in [-0.3, -0.25) is 9.69 Å². The number of piperazine rings is 1. The number of carbonyl (C=O) groups is 1. The first-order chi connectivity index (χ1) is 8.53. The molecular weight excluding hydrogens is 226 g/mol. The van der Waals surface area contributed by atoms with E-state index in [-0.39, 0.29) is 17.5 Å². The molecule has 1 aliphatic heterocycles. The third-order valence-corrected chi connectivity index (χ3v) is 4.18. The molecule has 0 spiro atoms. The molecule has 1 saturated heterocycles. The molecule has 1 amide bonds. The van der Waals surface area contributed by atoms with Gasteiger partial charge in [0.05, 0.1) is 0 Å². The summed E-state index contributed by atoms with van der Waals surface area (Å²) in [6.45, 7) is 5.96. The third-order valence-electron chi connectivity index (χ3n) is 4.18. The van der Waals surface area contributed by atoms with Crippen LogP contribution in [0.5, 0.6) is 0 Å². The molecule has 2 fully saturated rings. The lowest BCUT2D eigenvalue weighted by atomic mass is 9.89. The number of likely N-dealkylation sites (N-methyl/N-ethyl adjacent to an activating group) is 1. The molecule has 4 heteroatoms. The fourth-order valence-corrected chi connectivity index (χ4v) is 3.37. The summed E-state index contributed by atoms with van der Waals surface area (Å²) >= 11 is 0. The van der Waals surface area contributed by atoms with Crippen LogP contribution in [-0.4, -0.2) is 48.6 Å². The molecule has 2 N–H and O–H groups in total. The standard InChI is InChI=1S/C14H27N3O/c1-14(2)10-17(11-7-5-4-6-8-11)12(9-15-3)13(18)16-14/h11-12,15H,4-10H2,1-3H3,(H,16,18). The molecule has 2 rings (SSSR count). The van der Waals surface area contributed by atoms with Crippen molar-refractivity contribution in [3.8, 4) is 0 Å². The van der Waals surface area contributed by atoms with E-state index in [0.29, 0.717) is 6.04 Å². The smallest absolute Gasteiger partial charge is 0.239 e. The Bertz CT molecular complexity index is 297. The van der Waals surface area contributed by atoms with Gasteiger partial charge in [0.25, 0.3) is 0 Å². The number of amides is 1. The normalized spacial score (nSPS) is 30.2. The minimum Gasteiger partial charge on any atom is -0.349 e. The topological polar surface area (TPSA) is 44.4 Å². The van der Waals surface area contributed by atoms with E-state index in [0.717, 1.165) is 13.1 Å². The zero-order valence-electron chi connectivity index (χ0n) is 12.0. The van der Waals surface area contributed by atoms with Gasteiger partial charge in [-0.25, -0.2) is 0 Å². The molecule has 2 aliphatic rings. The summed E-state index contributed by atoms with van der Waals surface area (Å²) in [5.41, 5.74) is -0.0984. The molecule has 104 valence electrons. The highest BCUT2D eigenvalue weighted by atomic mass is 16.2. The van der Waals surface area contributed by atoms with Crippen LogP contribution in [0, 0.1) is 0 Å². The quantitative estimate of drug-likeness (QED) is 0.792. The van der Waals surface area contributed by atoms with E-state index in [9.17, 15) is 4.79 Å². The van der Waals surface area contributed by atoms with Gasteiger partial charge in [-0.15, -0.1) is 0 Å². The maximum Gasteiger partial charge on any atom is 0.239 e. The van der Waals surface area contributed by atoms with Crippen LogP contribution in [0.15, 0.2) is 0 Å². The highest BCUT2D eigenvalue weighted by Crippen LogP contribution is 2.27. The van der Waals surface area contributed by atoms with Crippen molar-refractivity contribution in [3.63, 3.8) is 0 Å². The zero-order chi connectivity index (χ0) is 13.2. The number of nitrogens with one attached hydrogen (secondary N) is 2. The minimum atomic E-state index is -0.0984. The Morgan fingerprint density at radius 1 is 1.33 bits per heavy atom. The van der Waals surface area contributed by atoms with Crippen molar-refractivity contribution in [1.82, 2.24) is 15.5 Å². The van der Waals surface area contributed by atoms with Gasteiger partial charge in [-0.05, 0) is 33.7 Å². The average Bonchev–Trinajstić information content (AvgIpc) is 2.33. The Morgan fingerprint density at radius 2 is 2.00 bits per heavy atom. The SMILES string of the molecule is CNCC1C(=O)NC(C)(C)CN1C1CCCCC1.